The van der Waals surface area contributed by atoms with Crippen molar-refractivity contribution < 1.29 is 15.0 Å². The molecule has 0 radical (unpaired) electrons. The first kappa shape index (κ1) is 16.4. The summed E-state index contributed by atoms with van der Waals surface area (Å²) in [5.74, 6) is 0.0740. The third kappa shape index (κ3) is 5.10. The van der Waals surface area contributed by atoms with Crippen LogP contribution in [0.2, 0.25) is 0 Å². The van der Waals surface area contributed by atoms with Gasteiger partial charge in [-0.3, -0.25) is 4.79 Å². The molecule has 2 rings (SSSR count). The molecule has 0 aliphatic rings. The van der Waals surface area contributed by atoms with Crippen molar-refractivity contribution in [1.29, 1.82) is 0 Å². The van der Waals surface area contributed by atoms with Crippen molar-refractivity contribution in [3.8, 4) is 0 Å². The van der Waals surface area contributed by atoms with E-state index in [2.05, 4.69) is 0 Å². The molecule has 0 bridgehead atoms. The van der Waals surface area contributed by atoms with Crippen molar-refractivity contribution >= 4 is 5.78 Å². The van der Waals surface area contributed by atoms with Crippen molar-refractivity contribution in [3.05, 3.63) is 71.8 Å². The Labute approximate surface area is 131 Å². The number of benzene rings is 2. The summed E-state index contributed by atoms with van der Waals surface area (Å²) in [4.78, 5) is 11.9. The molecule has 3 nitrogen and oxygen atoms in total. The largest absolute Gasteiger partial charge is 0.388 e. The van der Waals surface area contributed by atoms with Gasteiger partial charge in [0.05, 0.1) is 12.2 Å². The van der Waals surface area contributed by atoms with Gasteiger partial charge in [0, 0.05) is 12.8 Å². The normalized spacial score (nSPS) is 13.5. The highest BCUT2D eigenvalue weighted by Gasteiger charge is 2.13. The van der Waals surface area contributed by atoms with Gasteiger partial charge in [-0.1, -0.05) is 60.7 Å². The van der Waals surface area contributed by atoms with Gasteiger partial charge in [-0.25, -0.2) is 0 Å². The highest BCUT2D eigenvalue weighted by Crippen LogP contribution is 2.21. The van der Waals surface area contributed by atoms with E-state index in [1.807, 2.05) is 60.7 Å². The Bertz CT molecular complexity index is 514. The molecule has 0 saturated carbocycles. The molecule has 0 fully saturated rings. The number of aliphatic hydroxyl groups is 2. The number of ketones is 1. The predicted molar refractivity (Wildman–Crippen MR) is 86.3 cm³/mol. The van der Waals surface area contributed by atoms with Gasteiger partial charge in [0.1, 0.15) is 5.78 Å². The molecule has 2 N–H and O–H groups in total. The predicted octanol–water partition coefficient (Wildman–Crippen LogP) is 3.58. The molecule has 2 aromatic rings. The topological polar surface area (TPSA) is 57.5 Å². The SMILES string of the molecule is O=C(CCC(O)c1ccccc1)CCC(O)c1ccccc1. The lowest BCUT2D eigenvalue weighted by atomic mass is 9.99. The van der Waals surface area contributed by atoms with Gasteiger partial charge in [0.15, 0.2) is 0 Å². The molecular formula is C19H22O3. The number of rotatable bonds is 8. The van der Waals surface area contributed by atoms with E-state index in [-0.39, 0.29) is 5.78 Å². The third-order valence-electron chi connectivity index (χ3n) is 3.76. The van der Waals surface area contributed by atoms with Gasteiger partial charge < -0.3 is 10.2 Å². The quantitative estimate of drug-likeness (QED) is 0.783. The zero-order valence-corrected chi connectivity index (χ0v) is 12.6. The van der Waals surface area contributed by atoms with Crippen LogP contribution in [0.4, 0.5) is 0 Å². The average Bonchev–Trinajstić information content (AvgIpc) is 2.59. The van der Waals surface area contributed by atoms with E-state index in [0.29, 0.717) is 25.7 Å². The number of hydrogen-bond donors (Lipinski definition) is 2. The second-order valence-electron chi connectivity index (χ2n) is 5.47. The number of Topliss-reactive ketones (excluding diaryl/α,β-unsaturated/α-hetero) is 1. The van der Waals surface area contributed by atoms with E-state index >= 15 is 0 Å². The summed E-state index contributed by atoms with van der Waals surface area (Å²) in [5.41, 5.74) is 1.67. The highest BCUT2D eigenvalue weighted by atomic mass is 16.3. The molecule has 2 unspecified atom stereocenters. The Morgan fingerprint density at radius 1 is 0.727 bits per heavy atom. The van der Waals surface area contributed by atoms with Crippen molar-refractivity contribution in [2.24, 2.45) is 0 Å². The van der Waals surface area contributed by atoms with Gasteiger partial charge in [-0.15, -0.1) is 0 Å². The lowest BCUT2D eigenvalue weighted by molar-refractivity contribution is -0.120. The van der Waals surface area contributed by atoms with Crippen LogP contribution >= 0.6 is 0 Å². The van der Waals surface area contributed by atoms with Crippen molar-refractivity contribution in [2.45, 2.75) is 37.9 Å². The first-order valence-corrected chi connectivity index (χ1v) is 7.64. The molecule has 0 amide bonds. The van der Waals surface area contributed by atoms with Gasteiger partial charge in [0.2, 0.25) is 0 Å². The van der Waals surface area contributed by atoms with Crippen molar-refractivity contribution in [1.82, 2.24) is 0 Å². The van der Waals surface area contributed by atoms with E-state index in [4.69, 9.17) is 0 Å². The lowest BCUT2D eigenvalue weighted by Gasteiger charge is -2.12. The molecule has 2 atom stereocenters. The second-order valence-corrected chi connectivity index (χ2v) is 5.47. The summed E-state index contributed by atoms with van der Waals surface area (Å²) in [5, 5.41) is 20.0. The smallest absolute Gasteiger partial charge is 0.133 e. The van der Waals surface area contributed by atoms with E-state index in [9.17, 15) is 15.0 Å². The Morgan fingerprint density at radius 2 is 1.09 bits per heavy atom. The van der Waals surface area contributed by atoms with Crippen LogP contribution in [-0.4, -0.2) is 16.0 Å². The Balaban J connectivity index is 1.72. The van der Waals surface area contributed by atoms with E-state index in [0.717, 1.165) is 11.1 Å². The van der Waals surface area contributed by atoms with Crippen molar-refractivity contribution in [2.75, 3.05) is 0 Å². The Kier molecular flexibility index (Phi) is 6.31. The minimum absolute atomic E-state index is 0.0740. The zero-order valence-electron chi connectivity index (χ0n) is 12.6. The standard InChI is InChI=1S/C19H22O3/c20-17(11-13-18(21)15-7-3-1-4-8-15)12-14-19(22)16-9-5-2-6-10-16/h1-10,18-19,21-22H,11-14H2. The van der Waals surface area contributed by atoms with Crippen LogP contribution in [0.25, 0.3) is 0 Å². The molecule has 0 heterocycles. The molecule has 0 aliphatic carbocycles. The number of aliphatic hydroxyl groups excluding tert-OH is 2. The molecule has 0 spiro atoms. The minimum Gasteiger partial charge on any atom is -0.388 e. The summed E-state index contributed by atoms with van der Waals surface area (Å²) in [6, 6.07) is 18.7. The third-order valence-corrected chi connectivity index (χ3v) is 3.76. The fourth-order valence-electron chi connectivity index (χ4n) is 2.40. The first-order valence-electron chi connectivity index (χ1n) is 7.64. The molecule has 2 aromatic carbocycles. The maximum atomic E-state index is 11.9. The molecule has 0 saturated heterocycles. The molecular weight excluding hydrogens is 276 g/mol. The van der Waals surface area contributed by atoms with Crippen LogP contribution in [0.1, 0.15) is 49.0 Å². The number of carbonyl (C=O) groups excluding carboxylic acids is 1. The molecule has 0 aliphatic heterocycles. The second kappa shape index (κ2) is 8.47. The van der Waals surface area contributed by atoms with Crippen LogP contribution in [0.15, 0.2) is 60.7 Å². The molecule has 3 heteroatoms. The fraction of sp³-hybridized carbons (Fsp3) is 0.316. The summed E-state index contributed by atoms with van der Waals surface area (Å²) in [6.45, 7) is 0. The van der Waals surface area contributed by atoms with Gasteiger partial charge >= 0.3 is 0 Å². The average molecular weight is 298 g/mol. The number of hydrogen-bond acceptors (Lipinski definition) is 3. The Morgan fingerprint density at radius 3 is 1.45 bits per heavy atom. The van der Waals surface area contributed by atoms with E-state index < -0.39 is 12.2 Å². The summed E-state index contributed by atoms with van der Waals surface area (Å²) in [6.07, 6.45) is 0.289. The van der Waals surface area contributed by atoms with Gasteiger partial charge in [0.25, 0.3) is 0 Å². The van der Waals surface area contributed by atoms with Gasteiger partial charge in [-0.2, -0.15) is 0 Å². The minimum atomic E-state index is -0.607. The molecule has 116 valence electrons. The first-order chi connectivity index (χ1) is 10.7. The van der Waals surface area contributed by atoms with Gasteiger partial charge in [-0.05, 0) is 24.0 Å². The lowest BCUT2D eigenvalue weighted by Crippen LogP contribution is -2.06. The van der Waals surface area contributed by atoms with Crippen LogP contribution in [0.3, 0.4) is 0 Å². The summed E-state index contributed by atoms with van der Waals surface area (Å²) >= 11 is 0. The van der Waals surface area contributed by atoms with Crippen LogP contribution in [0, 0.1) is 0 Å². The fourth-order valence-corrected chi connectivity index (χ4v) is 2.40. The van der Waals surface area contributed by atoms with Crippen LogP contribution in [-0.2, 0) is 4.79 Å². The summed E-state index contributed by atoms with van der Waals surface area (Å²) < 4.78 is 0. The monoisotopic (exact) mass is 298 g/mol. The van der Waals surface area contributed by atoms with Crippen molar-refractivity contribution in [3.63, 3.8) is 0 Å². The molecule has 0 aromatic heterocycles. The summed E-state index contributed by atoms with van der Waals surface area (Å²) in [7, 11) is 0. The van der Waals surface area contributed by atoms with E-state index in [1.54, 1.807) is 0 Å². The maximum absolute atomic E-state index is 11.9. The molecule has 22 heavy (non-hydrogen) atoms. The Hall–Kier alpha value is -1.97. The number of carbonyl (C=O) groups is 1. The van der Waals surface area contributed by atoms with Crippen LogP contribution in [0.5, 0.6) is 0 Å². The van der Waals surface area contributed by atoms with Crippen LogP contribution < -0.4 is 0 Å². The van der Waals surface area contributed by atoms with E-state index in [1.165, 1.54) is 0 Å². The zero-order chi connectivity index (χ0) is 15.8. The maximum Gasteiger partial charge on any atom is 0.133 e. The highest BCUT2D eigenvalue weighted by molar-refractivity contribution is 5.78.